The monoisotopic (exact) mass is 506 g/mol. The molecule has 1 aliphatic heterocycles. The molecular weight excluding hydrogens is 468 g/mol. The summed E-state index contributed by atoms with van der Waals surface area (Å²) in [4.78, 5) is 4.84. The van der Waals surface area contributed by atoms with Crippen molar-refractivity contribution in [1.29, 1.82) is 0 Å². The normalized spacial score (nSPS) is 13.9. The molecule has 0 radical (unpaired) electrons. The Morgan fingerprint density at radius 3 is 1.82 bits per heavy atom. The highest BCUT2D eigenvalue weighted by Gasteiger charge is 2.53. The molecule has 0 saturated heterocycles. The van der Waals surface area contributed by atoms with E-state index in [0.29, 0.717) is 0 Å². The van der Waals surface area contributed by atoms with Crippen LogP contribution in [-0.4, -0.2) is 36.0 Å². The summed E-state index contributed by atoms with van der Waals surface area (Å²) in [6, 6.07) is 22.3. The fourth-order valence-electron chi connectivity index (χ4n) is 6.69. The molecule has 2 heterocycles. The molecule has 0 amide bonds. The highest BCUT2D eigenvalue weighted by molar-refractivity contribution is 5.90. The standard InChI is InChI=1S/C33H38N4O/c1-7-35(8-2)23-16-18-28-26(20-23)27-21-24(36(9-3)10-4)17-19-29(27)33(28)31-22(6)34-37(11-5)32(31)25-14-12-13-15-30(25)38-33/h12-21H,7-11H2,1-6H3. The number of fused-ring (bicyclic) bond motifs is 9. The summed E-state index contributed by atoms with van der Waals surface area (Å²) in [6.07, 6.45) is 0. The quantitative estimate of drug-likeness (QED) is 0.265. The van der Waals surface area contributed by atoms with E-state index in [2.05, 4.69) is 117 Å². The van der Waals surface area contributed by atoms with Crippen molar-refractivity contribution in [2.24, 2.45) is 0 Å². The molecule has 4 aromatic rings. The third kappa shape index (κ3) is 3.27. The van der Waals surface area contributed by atoms with Crippen molar-refractivity contribution >= 4 is 11.4 Å². The molecule has 0 N–H and O–H groups in total. The van der Waals surface area contributed by atoms with Gasteiger partial charge in [0.1, 0.15) is 5.75 Å². The van der Waals surface area contributed by atoms with Crippen LogP contribution in [0.25, 0.3) is 22.4 Å². The van der Waals surface area contributed by atoms with E-state index in [-0.39, 0.29) is 0 Å². The Balaban J connectivity index is 1.70. The van der Waals surface area contributed by atoms with Gasteiger partial charge in [0, 0.05) is 60.8 Å². The first-order chi connectivity index (χ1) is 18.5. The number of anilines is 2. The SMILES string of the molecule is CCN(CC)c1ccc2c(c1)-c1cc(N(CC)CC)ccc1C21Oc2ccccc2-c2c1c(C)nn2CC. The molecule has 0 bridgehead atoms. The van der Waals surface area contributed by atoms with Crippen LogP contribution in [0.4, 0.5) is 11.4 Å². The zero-order chi connectivity index (χ0) is 26.6. The van der Waals surface area contributed by atoms with Gasteiger partial charge in [-0.3, -0.25) is 4.68 Å². The smallest absolute Gasteiger partial charge is 0.189 e. The lowest BCUT2D eigenvalue weighted by Crippen LogP contribution is -2.37. The Bertz CT molecular complexity index is 1450. The molecular formula is C33H38N4O. The molecule has 0 fully saturated rings. The second kappa shape index (κ2) is 9.23. The largest absolute Gasteiger partial charge is 0.472 e. The lowest BCUT2D eigenvalue weighted by atomic mass is 9.79. The number of rotatable bonds is 7. The summed E-state index contributed by atoms with van der Waals surface area (Å²) >= 11 is 0. The van der Waals surface area contributed by atoms with E-state index in [0.717, 1.165) is 49.7 Å². The molecule has 5 nitrogen and oxygen atoms in total. The van der Waals surface area contributed by atoms with E-state index >= 15 is 0 Å². The van der Waals surface area contributed by atoms with E-state index in [1.807, 2.05) is 0 Å². The van der Waals surface area contributed by atoms with Gasteiger partial charge >= 0.3 is 0 Å². The van der Waals surface area contributed by atoms with Crippen molar-refractivity contribution in [3.8, 4) is 28.1 Å². The van der Waals surface area contributed by atoms with Crippen molar-refractivity contribution in [2.75, 3.05) is 36.0 Å². The molecule has 3 aromatic carbocycles. The molecule has 0 atom stereocenters. The number of benzene rings is 3. The summed E-state index contributed by atoms with van der Waals surface area (Å²) in [5.41, 5.74) is 11.2. The average molecular weight is 507 g/mol. The average Bonchev–Trinajstić information content (AvgIpc) is 3.43. The number of para-hydroxylation sites is 1. The van der Waals surface area contributed by atoms with Crippen LogP contribution in [0.1, 0.15) is 57.0 Å². The van der Waals surface area contributed by atoms with Crippen molar-refractivity contribution in [1.82, 2.24) is 9.78 Å². The minimum Gasteiger partial charge on any atom is -0.472 e. The molecule has 1 aromatic heterocycles. The summed E-state index contributed by atoms with van der Waals surface area (Å²) < 4.78 is 9.38. The van der Waals surface area contributed by atoms with Crippen LogP contribution in [-0.2, 0) is 12.1 Å². The second-order valence-electron chi connectivity index (χ2n) is 10.2. The van der Waals surface area contributed by atoms with Crippen LogP contribution in [0.5, 0.6) is 5.75 Å². The van der Waals surface area contributed by atoms with Gasteiger partial charge in [-0.1, -0.05) is 24.3 Å². The second-order valence-corrected chi connectivity index (χ2v) is 10.2. The molecule has 5 heteroatoms. The van der Waals surface area contributed by atoms with Gasteiger partial charge in [0.2, 0.25) is 0 Å². The predicted octanol–water partition coefficient (Wildman–Crippen LogP) is 7.24. The summed E-state index contributed by atoms with van der Waals surface area (Å²) in [7, 11) is 0. The maximum atomic E-state index is 7.22. The number of aromatic nitrogens is 2. The Hall–Kier alpha value is -3.73. The molecule has 1 aliphatic carbocycles. The summed E-state index contributed by atoms with van der Waals surface area (Å²) in [5, 5.41) is 5.04. The zero-order valence-corrected chi connectivity index (χ0v) is 23.5. The Kier molecular flexibility index (Phi) is 5.97. The first-order valence-electron chi connectivity index (χ1n) is 14.2. The highest BCUT2D eigenvalue weighted by Crippen LogP contribution is 2.60. The van der Waals surface area contributed by atoms with E-state index in [1.165, 1.54) is 44.9 Å². The topological polar surface area (TPSA) is 33.5 Å². The lowest BCUT2D eigenvalue weighted by molar-refractivity contribution is 0.156. The van der Waals surface area contributed by atoms with Gasteiger partial charge in [-0.05, 0) is 89.1 Å². The van der Waals surface area contributed by atoms with Crippen molar-refractivity contribution in [3.63, 3.8) is 0 Å². The maximum Gasteiger partial charge on any atom is 0.189 e. The number of hydrogen-bond acceptors (Lipinski definition) is 4. The summed E-state index contributed by atoms with van der Waals surface area (Å²) in [6.45, 7) is 17.9. The minimum absolute atomic E-state index is 0.741. The van der Waals surface area contributed by atoms with Crippen molar-refractivity contribution < 1.29 is 4.74 Å². The number of ether oxygens (including phenoxy) is 1. The van der Waals surface area contributed by atoms with E-state index in [1.54, 1.807) is 0 Å². The van der Waals surface area contributed by atoms with Crippen LogP contribution in [0.2, 0.25) is 0 Å². The molecule has 38 heavy (non-hydrogen) atoms. The number of aryl methyl sites for hydroxylation is 2. The fourth-order valence-corrected chi connectivity index (χ4v) is 6.69. The Morgan fingerprint density at radius 1 is 0.737 bits per heavy atom. The minimum atomic E-state index is -0.741. The van der Waals surface area contributed by atoms with Crippen molar-refractivity contribution in [2.45, 2.75) is 53.7 Å². The third-order valence-corrected chi connectivity index (χ3v) is 8.50. The van der Waals surface area contributed by atoms with Gasteiger partial charge in [-0.15, -0.1) is 0 Å². The molecule has 0 unspecified atom stereocenters. The molecule has 0 saturated carbocycles. The number of nitrogens with zero attached hydrogens (tertiary/aromatic N) is 4. The van der Waals surface area contributed by atoms with E-state index in [9.17, 15) is 0 Å². The molecule has 1 spiro atoms. The van der Waals surface area contributed by atoms with E-state index in [4.69, 9.17) is 9.84 Å². The van der Waals surface area contributed by atoms with Crippen LogP contribution >= 0.6 is 0 Å². The van der Waals surface area contributed by atoms with Crippen LogP contribution in [0.3, 0.4) is 0 Å². The molecule has 6 rings (SSSR count). The van der Waals surface area contributed by atoms with E-state index < -0.39 is 5.60 Å². The first kappa shape index (κ1) is 24.6. The predicted molar refractivity (Wildman–Crippen MR) is 158 cm³/mol. The Morgan fingerprint density at radius 2 is 1.29 bits per heavy atom. The first-order valence-corrected chi connectivity index (χ1v) is 14.2. The lowest BCUT2D eigenvalue weighted by Gasteiger charge is -2.38. The van der Waals surface area contributed by atoms with Crippen LogP contribution in [0, 0.1) is 6.92 Å². The van der Waals surface area contributed by atoms with Gasteiger partial charge in [0.25, 0.3) is 0 Å². The van der Waals surface area contributed by atoms with Crippen LogP contribution < -0.4 is 14.5 Å². The van der Waals surface area contributed by atoms with Gasteiger partial charge in [-0.2, -0.15) is 5.10 Å². The van der Waals surface area contributed by atoms with Gasteiger partial charge in [-0.25, -0.2) is 0 Å². The maximum absolute atomic E-state index is 7.22. The van der Waals surface area contributed by atoms with Gasteiger partial charge in [0.05, 0.1) is 17.0 Å². The van der Waals surface area contributed by atoms with Gasteiger partial charge in [0.15, 0.2) is 5.60 Å². The molecule has 2 aliphatic rings. The number of hydrogen-bond donors (Lipinski definition) is 0. The molecule has 196 valence electrons. The fraction of sp³-hybridized carbons (Fsp3) is 0.364. The van der Waals surface area contributed by atoms with Crippen molar-refractivity contribution in [3.05, 3.63) is 83.0 Å². The van der Waals surface area contributed by atoms with Gasteiger partial charge < -0.3 is 14.5 Å². The highest BCUT2D eigenvalue weighted by atomic mass is 16.5. The Labute approximate surface area is 226 Å². The third-order valence-electron chi connectivity index (χ3n) is 8.50. The summed E-state index contributed by atoms with van der Waals surface area (Å²) in [5.74, 6) is 0.911. The zero-order valence-electron chi connectivity index (χ0n) is 23.5. The van der Waals surface area contributed by atoms with Crippen LogP contribution in [0.15, 0.2) is 60.7 Å².